The van der Waals surface area contributed by atoms with Crippen molar-refractivity contribution in [3.8, 4) is 0 Å². The Bertz CT molecular complexity index is 871. The van der Waals surface area contributed by atoms with Crippen LogP contribution in [0.15, 0.2) is 30.5 Å². The number of hydrogen-bond donors (Lipinski definition) is 3. The van der Waals surface area contributed by atoms with Gasteiger partial charge in [-0.2, -0.15) is 0 Å². The van der Waals surface area contributed by atoms with Crippen LogP contribution in [0.5, 0.6) is 0 Å². The summed E-state index contributed by atoms with van der Waals surface area (Å²) >= 11 is 1.18. The molecular formula is C19H23N3O4S. The number of fused-ring (bicyclic) bond motifs is 1. The highest BCUT2D eigenvalue weighted by Crippen LogP contribution is 2.22. The molecule has 2 heterocycles. The maximum atomic E-state index is 12.7. The van der Waals surface area contributed by atoms with Gasteiger partial charge in [0.15, 0.2) is 0 Å². The molecule has 144 valence electrons. The first kappa shape index (κ1) is 19.3. The van der Waals surface area contributed by atoms with Crippen molar-refractivity contribution in [2.24, 2.45) is 0 Å². The standard InChI is InChI=1S/C19H23N3O4S/c1-19(2,3)26-18(25)22-14(16(23)21-15-10-27-17(15)24)8-11-9-20-13-7-5-4-6-12(11)13/h4-7,9,14-15,20H,8,10H2,1-3H3,(H,21,23)(H,22,25)/t14-,15-/m0/s1. The summed E-state index contributed by atoms with van der Waals surface area (Å²) in [5.41, 5.74) is 1.18. The summed E-state index contributed by atoms with van der Waals surface area (Å²) in [5.74, 6) is 0.154. The molecule has 0 unspecified atom stereocenters. The van der Waals surface area contributed by atoms with Gasteiger partial charge in [-0.15, -0.1) is 0 Å². The number of rotatable bonds is 5. The van der Waals surface area contributed by atoms with E-state index in [9.17, 15) is 14.4 Å². The van der Waals surface area contributed by atoms with Crippen LogP contribution < -0.4 is 10.6 Å². The molecule has 0 radical (unpaired) electrons. The van der Waals surface area contributed by atoms with Crippen LogP contribution in [0.3, 0.4) is 0 Å². The molecule has 3 N–H and O–H groups in total. The molecule has 2 aromatic rings. The third kappa shape index (κ3) is 4.82. The molecule has 1 aliphatic heterocycles. The zero-order chi connectivity index (χ0) is 19.6. The van der Waals surface area contributed by atoms with Gasteiger partial charge >= 0.3 is 6.09 Å². The summed E-state index contributed by atoms with van der Waals surface area (Å²) in [6.07, 6.45) is 1.44. The van der Waals surface area contributed by atoms with Gasteiger partial charge in [0.25, 0.3) is 0 Å². The van der Waals surface area contributed by atoms with E-state index in [0.29, 0.717) is 5.75 Å². The minimum absolute atomic E-state index is 0.0635. The van der Waals surface area contributed by atoms with Gasteiger partial charge in [0.1, 0.15) is 17.7 Å². The van der Waals surface area contributed by atoms with E-state index in [2.05, 4.69) is 15.6 Å². The number of alkyl carbamates (subject to hydrolysis) is 1. The lowest BCUT2D eigenvalue weighted by Gasteiger charge is -2.27. The summed E-state index contributed by atoms with van der Waals surface area (Å²) in [6.45, 7) is 5.27. The predicted octanol–water partition coefficient (Wildman–Crippen LogP) is 2.36. The number of amides is 2. The average molecular weight is 389 g/mol. The number of benzene rings is 1. The molecule has 0 aliphatic carbocycles. The van der Waals surface area contributed by atoms with Crippen molar-refractivity contribution in [1.82, 2.24) is 15.6 Å². The Labute approximate surface area is 161 Å². The predicted molar refractivity (Wildman–Crippen MR) is 105 cm³/mol. The van der Waals surface area contributed by atoms with Gasteiger partial charge in [0, 0.05) is 29.3 Å². The molecule has 0 bridgehead atoms. The SMILES string of the molecule is CC(C)(C)OC(=O)N[C@@H](Cc1c[nH]c2ccccc12)C(=O)N[C@H]1CSC1=O. The maximum Gasteiger partial charge on any atom is 0.408 e. The Hall–Kier alpha value is -2.48. The lowest BCUT2D eigenvalue weighted by Crippen LogP contribution is -2.55. The van der Waals surface area contributed by atoms with Crippen molar-refractivity contribution in [3.05, 3.63) is 36.0 Å². The Morgan fingerprint density at radius 1 is 1.33 bits per heavy atom. The van der Waals surface area contributed by atoms with Gasteiger partial charge in [0.2, 0.25) is 11.0 Å². The Balaban J connectivity index is 1.76. The first-order valence-corrected chi connectivity index (χ1v) is 9.73. The third-order valence-corrected chi connectivity index (χ3v) is 5.17. The lowest BCUT2D eigenvalue weighted by molar-refractivity contribution is -0.126. The molecule has 0 saturated carbocycles. The average Bonchev–Trinajstić information content (AvgIpc) is 2.99. The van der Waals surface area contributed by atoms with Gasteiger partial charge in [-0.05, 0) is 32.4 Å². The van der Waals surface area contributed by atoms with Crippen LogP contribution in [0, 0.1) is 0 Å². The summed E-state index contributed by atoms with van der Waals surface area (Å²) in [5, 5.41) is 6.26. The van der Waals surface area contributed by atoms with Crippen LogP contribution >= 0.6 is 11.8 Å². The molecule has 7 nitrogen and oxygen atoms in total. The van der Waals surface area contributed by atoms with Crippen LogP contribution in [0.25, 0.3) is 10.9 Å². The van der Waals surface area contributed by atoms with E-state index in [-0.39, 0.29) is 11.5 Å². The number of H-pyrrole nitrogens is 1. The molecule has 1 aromatic heterocycles. The van der Waals surface area contributed by atoms with Crippen LogP contribution in [0.2, 0.25) is 0 Å². The first-order valence-electron chi connectivity index (χ1n) is 8.74. The molecule has 1 aliphatic rings. The second kappa shape index (κ2) is 7.64. The monoisotopic (exact) mass is 389 g/mol. The van der Waals surface area contributed by atoms with E-state index in [0.717, 1.165) is 16.5 Å². The third-order valence-electron chi connectivity index (χ3n) is 4.10. The van der Waals surface area contributed by atoms with Gasteiger partial charge in [-0.3, -0.25) is 9.59 Å². The second-order valence-corrected chi connectivity index (χ2v) is 8.48. The molecule has 0 spiro atoms. The van der Waals surface area contributed by atoms with Crippen LogP contribution in [-0.4, -0.2) is 45.5 Å². The fraction of sp³-hybridized carbons (Fsp3) is 0.421. The highest BCUT2D eigenvalue weighted by Gasteiger charge is 2.34. The Kier molecular flexibility index (Phi) is 5.46. The summed E-state index contributed by atoms with van der Waals surface area (Å²) in [6, 6.07) is 6.40. The molecule has 27 heavy (non-hydrogen) atoms. The van der Waals surface area contributed by atoms with Crippen molar-refractivity contribution in [1.29, 1.82) is 0 Å². The molecule has 2 amide bonds. The number of ether oxygens (including phenoxy) is 1. The van der Waals surface area contributed by atoms with E-state index < -0.39 is 29.7 Å². The number of hydrogen-bond acceptors (Lipinski definition) is 5. The smallest absolute Gasteiger partial charge is 0.408 e. The summed E-state index contributed by atoms with van der Waals surface area (Å²) in [4.78, 5) is 39.6. The van der Waals surface area contributed by atoms with Gasteiger partial charge in [0.05, 0.1) is 0 Å². The Morgan fingerprint density at radius 3 is 2.70 bits per heavy atom. The van der Waals surface area contributed by atoms with Gasteiger partial charge in [-0.1, -0.05) is 30.0 Å². The van der Waals surface area contributed by atoms with E-state index in [1.807, 2.05) is 30.5 Å². The minimum atomic E-state index is -0.850. The minimum Gasteiger partial charge on any atom is -0.444 e. The highest BCUT2D eigenvalue weighted by molar-refractivity contribution is 8.16. The van der Waals surface area contributed by atoms with Crippen LogP contribution in [0.1, 0.15) is 26.3 Å². The highest BCUT2D eigenvalue weighted by atomic mass is 32.2. The zero-order valence-electron chi connectivity index (χ0n) is 15.5. The molecule has 2 atom stereocenters. The normalized spacial score (nSPS) is 17.9. The number of carbonyl (C=O) groups excluding carboxylic acids is 3. The van der Waals surface area contributed by atoms with Crippen molar-refractivity contribution in [2.75, 3.05) is 5.75 Å². The molecule has 3 rings (SSSR count). The number of nitrogens with one attached hydrogen (secondary N) is 3. The van der Waals surface area contributed by atoms with E-state index in [4.69, 9.17) is 4.74 Å². The number of aromatic nitrogens is 1. The number of carbonyl (C=O) groups is 3. The van der Waals surface area contributed by atoms with Crippen molar-refractivity contribution in [3.63, 3.8) is 0 Å². The topological polar surface area (TPSA) is 100 Å². The lowest BCUT2D eigenvalue weighted by atomic mass is 10.0. The number of thioether (sulfide) groups is 1. The number of para-hydroxylation sites is 1. The van der Waals surface area contributed by atoms with E-state index in [1.54, 1.807) is 20.8 Å². The van der Waals surface area contributed by atoms with Gasteiger partial charge < -0.3 is 20.4 Å². The molecule has 1 saturated heterocycles. The van der Waals surface area contributed by atoms with E-state index >= 15 is 0 Å². The summed E-state index contributed by atoms with van der Waals surface area (Å²) < 4.78 is 5.28. The fourth-order valence-corrected chi connectivity index (χ4v) is 3.40. The quantitative estimate of drug-likeness (QED) is 0.729. The zero-order valence-corrected chi connectivity index (χ0v) is 16.3. The number of aromatic amines is 1. The summed E-state index contributed by atoms with van der Waals surface area (Å²) in [7, 11) is 0. The van der Waals surface area contributed by atoms with Crippen molar-refractivity contribution in [2.45, 2.75) is 44.9 Å². The second-order valence-electron chi connectivity index (χ2n) is 7.45. The largest absolute Gasteiger partial charge is 0.444 e. The van der Waals surface area contributed by atoms with Crippen LogP contribution in [-0.2, 0) is 20.7 Å². The first-order chi connectivity index (χ1) is 12.7. The van der Waals surface area contributed by atoms with Crippen LogP contribution in [0.4, 0.5) is 4.79 Å². The molecular weight excluding hydrogens is 366 g/mol. The fourth-order valence-electron chi connectivity index (χ4n) is 2.79. The maximum absolute atomic E-state index is 12.7. The van der Waals surface area contributed by atoms with Crippen molar-refractivity contribution < 1.29 is 19.1 Å². The Morgan fingerprint density at radius 2 is 2.07 bits per heavy atom. The molecule has 1 aromatic carbocycles. The molecule has 8 heteroatoms. The van der Waals surface area contributed by atoms with E-state index in [1.165, 1.54) is 11.8 Å². The van der Waals surface area contributed by atoms with Crippen molar-refractivity contribution >= 4 is 39.8 Å². The molecule has 1 fully saturated rings. The van der Waals surface area contributed by atoms with Gasteiger partial charge in [-0.25, -0.2) is 4.79 Å².